The Labute approximate surface area is 48.4 Å². The second-order valence-corrected chi connectivity index (χ2v) is 3.65. The molecule has 0 fully saturated rings. The zero-order chi connectivity index (χ0) is 5.11. The fraction of sp³-hybridized carbons (Fsp3) is 0. The minimum absolute atomic E-state index is 0.291. The average molecular weight is 155 g/mol. The van der Waals surface area contributed by atoms with E-state index in [1.165, 1.54) is 0 Å². The van der Waals surface area contributed by atoms with E-state index in [0.29, 0.717) is 5.76 Å². The van der Waals surface area contributed by atoms with Gasteiger partial charge >= 0.3 is 47.8 Å². The number of hydrogen-bond donors (Lipinski definition) is 1. The molecule has 7 heavy (non-hydrogen) atoms. The number of aliphatic hydroxyl groups is 1. The van der Waals surface area contributed by atoms with Crippen LogP contribution in [0.15, 0.2) is 22.8 Å². The van der Waals surface area contributed by atoms with Gasteiger partial charge in [0.05, 0.1) is 0 Å². The van der Waals surface area contributed by atoms with Gasteiger partial charge in [0.2, 0.25) is 0 Å². The summed E-state index contributed by atoms with van der Waals surface area (Å²) in [5.41, 5.74) is 0. The zero-order valence-electron chi connectivity index (χ0n) is 3.83. The SMILES string of the molecule is OC1=[CH][GeH]=[CH]C=C1. The van der Waals surface area contributed by atoms with E-state index in [9.17, 15) is 0 Å². The summed E-state index contributed by atoms with van der Waals surface area (Å²) in [5.74, 6) is 0.447. The summed E-state index contributed by atoms with van der Waals surface area (Å²) in [6.45, 7) is 0. The van der Waals surface area contributed by atoms with Gasteiger partial charge in [0, 0.05) is 0 Å². The van der Waals surface area contributed by atoms with Gasteiger partial charge in [0.1, 0.15) is 0 Å². The third kappa shape index (κ3) is 1.31. The summed E-state index contributed by atoms with van der Waals surface area (Å²) in [7, 11) is 0. The van der Waals surface area contributed by atoms with Crippen molar-refractivity contribution in [3.63, 3.8) is 0 Å². The van der Waals surface area contributed by atoms with E-state index in [-0.39, 0.29) is 15.0 Å². The molecule has 2 heteroatoms. The van der Waals surface area contributed by atoms with Crippen LogP contribution in [0.4, 0.5) is 0 Å². The standard InChI is InChI=1S/C5H6GeO/c7-5-2-1-3-6-4-5/h1-4,6-7H. The summed E-state index contributed by atoms with van der Waals surface area (Å²) in [6.07, 6.45) is 3.62. The van der Waals surface area contributed by atoms with E-state index in [4.69, 9.17) is 5.11 Å². The molecule has 0 aromatic heterocycles. The first-order valence-corrected chi connectivity index (χ1v) is 4.93. The van der Waals surface area contributed by atoms with Crippen molar-refractivity contribution in [1.29, 1.82) is 0 Å². The molecule has 36 valence electrons. The maximum atomic E-state index is 8.70. The Morgan fingerprint density at radius 3 is 2.71 bits per heavy atom. The molecule has 0 unspecified atom stereocenters. The summed E-state index contributed by atoms with van der Waals surface area (Å²) in [6, 6.07) is 0. The predicted octanol–water partition coefficient (Wildman–Crippen LogP) is 0.194. The van der Waals surface area contributed by atoms with Crippen LogP contribution in [0.5, 0.6) is 0 Å². The Hall–Kier alpha value is -0.307. The molecule has 0 saturated heterocycles. The molecule has 1 aliphatic heterocycles. The second-order valence-electron chi connectivity index (χ2n) is 1.34. The molecule has 1 nitrogen and oxygen atoms in total. The van der Waals surface area contributed by atoms with Gasteiger partial charge in [0.15, 0.2) is 0 Å². The van der Waals surface area contributed by atoms with Gasteiger partial charge in [-0.1, -0.05) is 0 Å². The molecule has 0 radical (unpaired) electrons. The van der Waals surface area contributed by atoms with Crippen LogP contribution in [0.3, 0.4) is 0 Å². The summed E-state index contributed by atoms with van der Waals surface area (Å²) < 4.78 is 0. The molecule has 0 spiro atoms. The Kier molecular flexibility index (Phi) is 1.47. The van der Waals surface area contributed by atoms with E-state index >= 15 is 0 Å². The van der Waals surface area contributed by atoms with E-state index in [1.54, 1.807) is 6.08 Å². The van der Waals surface area contributed by atoms with Crippen LogP contribution in [0.25, 0.3) is 0 Å². The molecule has 1 N–H and O–H groups in total. The number of aliphatic hydroxyl groups excluding tert-OH is 1. The zero-order valence-corrected chi connectivity index (χ0v) is 6.26. The van der Waals surface area contributed by atoms with Gasteiger partial charge in [-0.05, 0) is 0 Å². The van der Waals surface area contributed by atoms with Crippen LogP contribution in [-0.4, -0.2) is 25.0 Å². The van der Waals surface area contributed by atoms with Crippen LogP contribution in [0.2, 0.25) is 0 Å². The average Bonchev–Trinajstić information content (AvgIpc) is 1.69. The summed E-state index contributed by atoms with van der Waals surface area (Å²) >= 11 is -0.291. The van der Waals surface area contributed by atoms with Crippen LogP contribution in [0, 0.1) is 0 Å². The fourth-order valence-electron chi connectivity index (χ4n) is 0.428. The third-order valence-electron chi connectivity index (χ3n) is 0.756. The first kappa shape index (κ1) is 4.84. The molecule has 0 aromatic carbocycles. The molecular formula is C5H6GeO. The molecule has 0 atom stereocenters. The fourth-order valence-corrected chi connectivity index (χ4v) is 1.81. The van der Waals surface area contributed by atoms with E-state index in [1.807, 2.05) is 11.0 Å². The number of allylic oxidation sites excluding steroid dienone is 2. The Morgan fingerprint density at radius 1 is 1.57 bits per heavy atom. The molecule has 1 heterocycles. The van der Waals surface area contributed by atoms with Crippen molar-refractivity contribution in [1.82, 2.24) is 0 Å². The third-order valence-corrected chi connectivity index (χ3v) is 2.81. The van der Waals surface area contributed by atoms with Crippen molar-refractivity contribution in [2.45, 2.75) is 0 Å². The van der Waals surface area contributed by atoms with Crippen molar-refractivity contribution in [2.75, 3.05) is 0 Å². The molecule has 0 saturated carbocycles. The summed E-state index contributed by atoms with van der Waals surface area (Å²) in [5, 5.41) is 8.70. The number of rotatable bonds is 0. The van der Waals surface area contributed by atoms with Crippen molar-refractivity contribution in [3.8, 4) is 0 Å². The molecule has 0 bridgehead atoms. The molecule has 1 aliphatic rings. The molecular weight excluding hydrogens is 149 g/mol. The van der Waals surface area contributed by atoms with Crippen LogP contribution in [-0.2, 0) is 0 Å². The van der Waals surface area contributed by atoms with Crippen LogP contribution < -0.4 is 0 Å². The van der Waals surface area contributed by atoms with Crippen molar-refractivity contribution in [2.24, 2.45) is 0 Å². The number of hydrogen-bond acceptors (Lipinski definition) is 1. The predicted molar refractivity (Wildman–Crippen MR) is 33.1 cm³/mol. The summed E-state index contributed by atoms with van der Waals surface area (Å²) in [4.78, 5) is 4.06. The van der Waals surface area contributed by atoms with E-state index in [2.05, 4.69) is 4.85 Å². The van der Waals surface area contributed by atoms with E-state index < -0.39 is 0 Å². The van der Waals surface area contributed by atoms with Crippen molar-refractivity contribution >= 4 is 19.8 Å². The molecule has 0 aliphatic carbocycles. The monoisotopic (exact) mass is 156 g/mol. The van der Waals surface area contributed by atoms with Gasteiger partial charge in [-0.25, -0.2) is 0 Å². The van der Waals surface area contributed by atoms with Crippen molar-refractivity contribution in [3.05, 3.63) is 22.8 Å². The van der Waals surface area contributed by atoms with Gasteiger partial charge in [0.25, 0.3) is 0 Å². The van der Waals surface area contributed by atoms with Crippen molar-refractivity contribution < 1.29 is 5.11 Å². The quantitative estimate of drug-likeness (QED) is 0.495. The van der Waals surface area contributed by atoms with Gasteiger partial charge in [-0.2, -0.15) is 0 Å². The Morgan fingerprint density at radius 2 is 2.43 bits per heavy atom. The minimum atomic E-state index is -0.291. The molecule has 0 aromatic rings. The topological polar surface area (TPSA) is 20.2 Å². The first-order valence-electron chi connectivity index (χ1n) is 2.13. The van der Waals surface area contributed by atoms with Gasteiger partial charge in [-0.3, -0.25) is 0 Å². The van der Waals surface area contributed by atoms with Crippen LogP contribution >= 0.6 is 0 Å². The van der Waals surface area contributed by atoms with Gasteiger partial charge < -0.3 is 0 Å². The normalized spacial score (nSPS) is 16.9. The Bertz CT molecular complexity index is 144. The van der Waals surface area contributed by atoms with Gasteiger partial charge in [-0.15, -0.1) is 0 Å². The Balaban J connectivity index is 2.82. The maximum absolute atomic E-state index is 8.70. The van der Waals surface area contributed by atoms with Crippen LogP contribution in [0.1, 0.15) is 0 Å². The molecule has 0 amide bonds. The second kappa shape index (κ2) is 2.12. The first-order chi connectivity index (χ1) is 3.39. The molecule has 1 rings (SSSR count). The van der Waals surface area contributed by atoms with E-state index in [0.717, 1.165) is 0 Å².